The van der Waals surface area contributed by atoms with Crippen LogP contribution in [-0.4, -0.2) is 23.3 Å². The molecule has 1 heterocycles. The first-order valence-corrected chi connectivity index (χ1v) is 7.80. The van der Waals surface area contributed by atoms with Crippen molar-refractivity contribution in [3.05, 3.63) is 45.1 Å². The summed E-state index contributed by atoms with van der Waals surface area (Å²) in [6.45, 7) is 1.54. The Bertz CT molecular complexity index is 735. The van der Waals surface area contributed by atoms with Gasteiger partial charge in [0, 0.05) is 11.1 Å². The van der Waals surface area contributed by atoms with E-state index in [0.717, 1.165) is 16.8 Å². The molecule has 0 bridgehead atoms. The molecule has 1 aromatic heterocycles. The summed E-state index contributed by atoms with van der Waals surface area (Å²) in [5, 5.41) is 8.95. The summed E-state index contributed by atoms with van der Waals surface area (Å²) in [5.74, 6) is -0.758. The Balaban J connectivity index is 1.80. The molecule has 0 atom stereocenters. The lowest BCUT2D eigenvalue weighted by atomic mass is 10.3. The molecule has 2 aromatic rings. The molecular weight excluding hydrogens is 343 g/mol. The zero-order valence-electron chi connectivity index (χ0n) is 12.2. The van der Waals surface area contributed by atoms with Crippen molar-refractivity contribution in [3.8, 4) is 0 Å². The monoisotopic (exact) mass is 356 g/mol. The number of hydrogen-bond donors (Lipinski definition) is 2. The van der Waals surface area contributed by atoms with E-state index in [2.05, 4.69) is 15.5 Å². The summed E-state index contributed by atoms with van der Waals surface area (Å²) in [4.78, 5) is 20.8. The molecule has 23 heavy (non-hydrogen) atoms. The van der Waals surface area contributed by atoms with Gasteiger partial charge in [0.1, 0.15) is 16.7 Å². The summed E-state index contributed by atoms with van der Waals surface area (Å²) < 4.78 is 12.9. The Hall–Kier alpha value is -2.19. The van der Waals surface area contributed by atoms with Crippen LogP contribution in [0.25, 0.3) is 0 Å². The number of amides is 1. The first-order valence-electron chi connectivity index (χ1n) is 6.54. The van der Waals surface area contributed by atoms with Crippen molar-refractivity contribution in [2.75, 3.05) is 11.9 Å². The summed E-state index contributed by atoms with van der Waals surface area (Å²) in [6.07, 6.45) is 0.351. The number of carbonyl (C=O) groups is 1. The number of anilines is 1. The van der Waals surface area contributed by atoms with E-state index in [9.17, 15) is 9.18 Å². The van der Waals surface area contributed by atoms with E-state index in [1.54, 1.807) is 0 Å². The van der Waals surface area contributed by atoms with Crippen molar-refractivity contribution in [2.24, 2.45) is 10.9 Å². The third kappa shape index (κ3) is 5.50. The largest absolute Gasteiger partial charge is 0.384 e. The standard InChI is InChI=1S/C14H14ClFN4O2S/c1-8-7-23-14(18-8)5-12(17)20-22-6-13(21)19-11-3-2-9(16)4-10(11)15/h2-4,7H,5-6H2,1H3,(H2,17,20)(H,19,21). The molecule has 0 unspecified atom stereocenters. The summed E-state index contributed by atoms with van der Waals surface area (Å²) in [6, 6.07) is 3.65. The number of nitrogens with two attached hydrogens (primary N) is 1. The second-order valence-electron chi connectivity index (χ2n) is 4.59. The van der Waals surface area contributed by atoms with Gasteiger partial charge in [0.25, 0.3) is 5.91 Å². The molecule has 122 valence electrons. The molecule has 9 heteroatoms. The summed E-state index contributed by atoms with van der Waals surface area (Å²) in [7, 11) is 0. The number of thiazole rings is 1. The minimum Gasteiger partial charge on any atom is -0.384 e. The molecule has 3 N–H and O–H groups in total. The Kier molecular flexibility index (Phi) is 5.89. The number of rotatable bonds is 6. The molecular formula is C14H14ClFN4O2S. The van der Waals surface area contributed by atoms with Crippen molar-refractivity contribution < 1.29 is 14.0 Å². The molecule has 0 aliphatic carbocycles. The van der Waals surface area contributed by atoms with Gasteiger partial charge in [-0.25, -0.2) is 9.37 Å². The van der Waals surface area contributed by atoms with E-state index in [-0.39, 0.29) is 23.2 Å². The molecule has 0 saturated carbocycles. The lowest BCUT2D eigenvalue weighted by Crippen LogP contribution is -2.20. The molecule has 0 spiro atoms. The number of benzene rings is 1. The highest BCUT2D eigenvalue weighted by Crippen LogP contribution is 2.22. The fraction of sp³-hybridized carbons (Fsp3) is 0.214. The second-order valence-corrected chi connectivity index (χ2v) is 5.94. The van der Waals surface area contributed by atoms with E-state index in [1.807, 2.05) is 12.3 Å². The number of halogens is 2. The van der Waals surface area contributed by atoms with Gasteiger partial charge in [-0.3, -0.25) is 4.79 Å². The van der Waals surface area contributed by atoms with Crippen molar-refractivity contribution in [2.45, 2.75) is 13.3 Å². The molecule has 0 fully saturated rings. The minimum atomic E-state index is -0.487. The van der Waals surface area contributed by atoms with Crippen LogP contribution in [-0.2, 0) is 16.1 Å². The topological polar surface area (TPSA) is 89.6 Å². The van der Waals surface area contributed by atoms with Crippen LogP contribution < -0.4 is 11.1 Å². The van der Waals surface area contributed by atoms with Crippen LogP contribution in [0.15, 0.2) is 28.7 Å². The van der Waals surface area contributed by atoms with Crippen LogP contribution in [0.2, 0.25) is 5.02 Å². The van der Waals surface area contributed by atoms with Crippen molar-refractivity contribution in [1.82, 2.24) is 4.98 Å². The molecule has 2 rings (SSSR count). The SMILES string of the molecule is Cc1csc(C/C(N)=N/OCC(=O)Nc2ccc(F)cc2Cl)n1. The minimum absolute atomic E-state index is 0.0977. The number of aryl methyl sites for hydroxylation is 1. The number of aromatic nitrogens is 1. The molecule has 1 aromatic carbocycles. The highest BCUT2D eigenvalue weighted by atomic mass is 35.5. The van der Waals surface area contributed by atoms with Crippen LogP contribution in [0.5, 0.6) is 0 Å². The Morgan fingerprint density at radius 3 is 3.00 bits per heavy atom. The number of nitrogens with zero attached hydrogens (tertiary/aromatic N) is 2. The van der Waals surface area contributed by atoms with E-state index in [1.165, 1.54) is 23.5 Å². The van der Waals surface area contributed by atoms with Crippen LogP contribution in [0.1, 0.15) is 10.7 Å². The Labute approximate surface area is 141 Å². The molecule has 0 aliphatic rings. The maximum Gasteiger partial charge on any atom is 0.265 e. The lowest BCUT2D eigenvalue weighted by molar-refractivity contribution is -0.120. The first kappa shape index (κ1) is 17.2. The fourth-order valence-corrected chi connectivity index (χ4v) is 2.62. The van der Waals surface area contributed by atoms with Gasteiger partial charge in [0.05, 0.1) is 17.1 Å². The Morgan fingerprint density at radius 2 is 2.35 bits per heavy atom. The van der Waals surface area contributed by atoms with Gasteiger partial charge >= 0.3 is 0 Å². The second kappa shape index (κ2) is 7.89. The van der Waals surface area contributed by atoms with E-state index < -0.39 is 11.7 Å². The molecule has 1 amide bonds. The van der Waals surface area contributed by atoms with Crippen LogP contribution >= 0.6 is 22.9 Å². The van der Waals surface area contributed by atoms with E-state index in [4.69, 9.17) is 22.2 Å². The van der Waals surface area contributed by atoms with Crippen molar-refractivity contribution >= 4 is 40.4 Å². The number of nitrogens with one attached hydrogen (secondary N) is 1. The van der Waals surface area contributed by atoms with E-state index in [0.29, 0.717) is 6.42 Å². The van der Waals surface area contributed by atoms with Gasteiger partial charge in [-0.15, -0.1) is 11.3 Å². The predicted octanol–water partition coefficient (Wildman–Crippen LogP) is 2.71. The van der Waals surface area contributed by atoms with Gasteiger partial charge in [-0.2, -0.15) is 0 Å². The average Bonchev–Trinajstić information content (AvgIpc) is 2.87. The van der Waals surface area contributed by atoms with Gasteiger partial charge in [0.2, 0.25) is 0 Å². The third-order valence-electron chi connectivity index (χ3n) is 2.58. The number of oxime groups is 1. The number of carbonyl (C=O) groups excluding carboxylic acids is 1. The Morgan fingerprint density at radius 1 is 1.57 bits per heavy atom. The molecule has 0 aliphatic heterocycles. The van der Waals surface area contributed by atoms with Crippen LogP contribution in [0.3, 0.4) is 0 Å². The maximum absolute atomic E-state index is 12.9. The van der Waals surface area contributed by atoms with Gasteiger partial charge in [-0.05, 0) is 25.1 Å². The van der Waals surface area contributed by atoms with Gasteiger partial charge in [0.15, 0.2) is 6.61 Å². The quantitative estimate of drug-likeness (QED) is 0.473. The van der Waals surface area contributed by atoms with Gasteiger partial charge in [-0.1, -0.05) is 16.8 Å². The summed E-state index contributed by atoms with van der Waals surface area (Å²) in [5.41, 5.74) is 6.89. The highest BCUT2D eigenvalue weighted by molar-refractivity contribution is 7.09. The zero-order valence-corrected chi connectivity index (χ0v) is 13.7. The lowest BCUT2D eigenvalue weighted by Gasteiger charge is -2.06. The average molecular weight is 357 g/mol. The smallest absolute Gasteiger partial charge is 0.265 e. The predicted molar refractivity (Wildman–Crippen MR) is 88.2 cm³/mol. The molecule has 0 radical (unpaired) electrons. The normalized spacial score (nSPS) is 11.3. The molecule has 0 saturated heterocycles. The maximum atomic E-state index is 12.9. The first-order chi connectivity index (χ1) is 10.9. The van der Waals surface area contributed by atoms with E-state index >= 15 is 0 Å². The van der Waals surface area contributed by atoms with Gasteiger partial charge < -0.3 is 15.9 Å². The van der Waals surface area contributed by atoms with Crippen LogP contribution in [0.4, 0.5) is 10.1 Å². The molecule has 6 nitrogen and oxygen atoms in total. The highest BCUT2D eigenvalue weighted by Gasteiger charge is 2.08. The fourth-order valence-electron chi connectivity index (χ4n) is 1.62. The third-order valence-corrected chi connectivity index (χ3v) is 3.86. The van der Waals surface area contributed by atoms with Crippen LogP contribution in [0, 0.1) is 12.7 Å². The summed E-state index contributed by atoms with van der Waals surface area (Å²) >= 11 is 7.27. The van der Waals surface area contributed by atoms with Crippen molar-refractivity contribution in [1.29, 1.82) is 0 Å². The zero-order chi connectivity index (χ0) is 16.8. The number of hydrogen-bond acceptors (Lipinski definition) is 5. The number of amidine groups is 1. The van der Waals surface area contributed by atoms with Crippen molar-refractivity contribution in [3.63, 3.8) is 0 Å².